The first kappa shape index (κ1) is 69.3. The Labute approximate surface area is 514 Å². The van der Waals surface area contributed by atoms with Crippen LogP contribution in [0.1, 0.15) is 60.4 Å². The second-order valence-corrected chi connectivity index (χ2v) is 20.1. The maximum atomic E-state index is 13.8. The van der Waals surface area contributed by atoms with Crippen LogP contribution in [0.15, 0.2) is 109 Å². The number of anilines is 1. The number of carbonyl (C=O) groups excluding carboxylic acids is 13. The molecule has 0 spiro atoms. The number of rotatable bonds is 33. The van der Waals surface area contributed by atoms with Crippen LogP contribution in [0.4, 0.5) is 5.69 Å². The molecule has 5 rings (SSSR count). The highest BCUT2D eigenvalue weighted by molar-refractivity contribution is 6.00. The number of fused-ring (bicyclic) bond motifs is 2. The van der Waals surface area contributed by atoms with E-state index in [1.165, 1.54) is 11.8 Å². The average molecular weight is 1240 g/mol. The summed E-state index contributed by atoms with van der Waals surface area (Å²) < 4.78 is 0. The number of carbonyl (C=O) groups is 15. The van der Waals surface area contributed by atoms with Crippen LogP contribution in [-0.4, -0.2) is 168 Å². The van der Waals surface area contributed by atoms with Gasteiger partial charge in [-0.15, -0.1) is 0 Å². The number of nitrogens with zero attached hydrogens (tertiary/aromatic N) is 1. The minimum Gasteiger partial charge on any atom is -0.481 e. The van der Waals surface area contributed by atoms with Gasteiger partial charge in [0.25, 0.3) is 0 Å². The van der Waals surface area contributed by atoms with Crippen molar-refractivity contribution in [3.63, 3.8) is 0 Å². The smallest absolute Gasteiger partial charge is 0.305 e. The van der Waals surface area contributed by atoms with Gasteiger partial charge in [-0.25, -0.2) is 0 Å². The number of para-hydroxylation sites is 1. The summed E-state index contributed by atoms with van der Waals surface area (Å²) in [5.41, 5.74) is 9.16. The van der Waals surface area contributed by atoms with Gasteiger partial charge in [0.2, 0.25) is 76.8 Å². The third kappa shape index (κ3) is 24.1. The van der Waals surface area contributed by atoms with Crippen molar-refractivity contribution in [3.8, 4) is 11.8 Å². The second kappa shape index (κ2) is 35.2. The lowest BCUT2D eigenvalue weighted by molar-refractivity contribution is -0.141. The molecule has 0 saturated carbocycles. The molecule has 5 atom stereocenters. The molecular formula is C60H67N13O17. The van der Waals surface area contributed by atoms with Gasteiger partial charge < -0.3 is 79.3 Å². The minimum atomic E-state index is -1.79. The van der Waals surface area contributed by atoms with E-state index < -0.39 is 177 Å². The fourth-order valence-electron chi connectivity index (χ4n) is 8.41. The number of benzene rings is 4. The highest BCUT2D eigenvalue weighted by atomic mass is 16.4. The number of carboxylic acids is 2. The number of aliphatic carboxylic acids is 2. The standard InChI is InChI=1S/C60H67N13O17/c1-35(56(61)86)68-59(89)42(25-37-14-6-3-7-15-37)72-60(90)41(24-36-12-4-2-5-13-36)70-52(80)33-67-58(88)44(27-55(84)85)71-51(79)32-65-49(77)30-63-47(75)28-62-48(76)29-64-50(78)31-66-57(87)43(26-54(82)83)69-46(74)22-23-53(81)73-34-40-18-9-8-16-38(40)20-21-39-17-10-11-19-45(39)73/h2-19,35,41-44H,22-34H2,1H3,(H2,61,86)(H,62,76)(H,63,75)(H,64,78)(H,65,77)(H,66,87)(H,67,88)(H,68,89)(H,69,74)(H,70,80)(H,71,79)(H,72,90)(H,82,83)(H,84,85)/t35-,41-,42-,43-,44-/m0/s1. The molecule has 474 valence electrons. The van der Waals surface area contributed by atoms with Gasteiger partial charge in [0, 0.05) is 36.8 Å². The summed E-state index contributed by atoms with van der Waals surface area (Å²) in [4.78, 5) is 192. The van der Waals surface area contributed by atoms with E-state index in [-0.39, 0.29) is 25.8 Å². The summed E-state index contributed by atoms with van der Waals surface area (Å²) in [5, 5.41) is 43.8. The van der Waals surface area contributed by atoms with Crippen molar-refractivity contribution in [1.82, 2.24) is 58.5 Å². The van der Waals surface area contributed by atoms with Crippen molar-refractivity contribution in [2.75, 3.05) is 44.2 Å². The van der Waals surface area contributed by atoms with Crippen molar-refractivity contribution >= 4 is 94.4 Å². The highest BCUT2D eigenvalue weighted by Gasteiger charge is 2.31. The van der Waals surface area contributed by atoms with E-state index in [2.05, 4.69) is 70.3 Å². The van der Waals surface area contributed by atoms with Crippen molar-refractivity contribution < 1.29 is 82.1 Å². The fraction of sp³-hybridized carbons (Fsp3) is 0.317. The first-order chi connectivity index (χ1) is 42.9. The highest BCUT2D eigenvalue weighted by Crippen LogP contribution is 2.26. The molecule has 15 N–H and O–H groups in total. The van der Waals surface area contributed by atoms with E-state index in [0.717, 1.165) is 11.1 Å². The van der Waals surface area contributed by atoms with Crippen LogP contribution in [0.5, 0.6) is 0 Å². The zero-order chi connectivity index (χ0) is 65.7. The van der Waals surface area contributed by atoms with Gasteiger partial charge in [-0.2, -0.15) is 0 Å². The first-order valence-electron chi connectivity index (χ1n) is 27.9. The predicted molar refractivity (Wildman–Crippen MR) is 317 cm³/mol. The van der Waals surface area contributed by atoms with Crippen molar-refractivity contribution in [1.29, 1.82) is 0 Å². The molecule has 1 heterocycles. The van der Waals surface area contributed by atoms with E-state index >= 15 is 0 Å². The van der Waals surface area contributed by atoms with E-state index in [9.17, 15) is 82.1 Å². The maximum Gasteiger partial charge on any atom is 0.305 e. The molecule has 0 saturated heterocycles. The topological polar surface area (TPSA) is 458 Å². The second-order valence-electron chi connectivity index (χ2n) is 20.1. The van der Waals surface area contributed by atoms with E-state index in [1.54, 1.807) is 91.0 Å². The molecule has 0 aliphatic carbocycles. The first-order valence-corrected chi connectivity index (χ1v) is 27.9. The summed E-state index contributed by atoms with van der Waals surface area (Å²) in [6, 6.07) is 24.1. The molecule has 13 amide bonds. The number of primary amides is 1. The van der Waals surface area contributed by atoms with Gasteiger partial charge in [0.05, 0.1) is 64.3 Å². The van der Waals surface area contributed by atoms with Crippen molar-refractivity contribution in [2.24, 2.45) is 5.73 Å². The lowest BCUT2D eigenvalue weighted by Crippen LogP contribution is -2.58. The molecule has 0 radical (unpaired) electrons. The van der Waals surface area contributed by atoms with Crippen molar-refractivity contribution in [3.05, 3.63) is 137 Å². The predicted octanol–water partition coefficient (Wildman–Crippen LogP) is -4.23. The Morgan fingerprint density at radius 1 is 0.433 bits per heavy atom. The average Bonchev–Trinajstić information content (AvgIpc) is 1.33. The molecule has 4 aromatic carbocycles. The maximum absolute atomic E-state index is 13.8. The Hall–Kier alpha value is -11.5. The number of carboxylic acid groups (broad SMARTS) is 2. The summed E-state index contributed by atoms with van der Waals surface area (Å²) in [5.74, 6) is -8.48. The van der Waals surface area contributed by atoms with E-state index in [0.29, 0.717) is 22.4 Å². The quantitative estimate of drug-likeness (QED) is 0.0201. The lowest BCUT2D eigenvalue weighted by Gasteiger charge is -2.26. The molecule has 30 nitrogen and oxygen atoms in total. The Morgan fingerprint density at radius 3 is 1.32 bits per heavy atom. The number of nitrogens with two attached hydrogens (primary N) is 1. The largest absolute Gasteiger partial charge is 0.481 e. The molecular weight excluding hydrogens is 1170 g/mol. The van der Waals surface area contributed by atoms with Crippen LogP contribution in [0.25, 0.3) is 0 Å². The Kier molecular flexibility index (Phi) is 27.1. The normalized spacial score (nSPS) is 12.7. The molecule has 0 aromatic heterocycles. The third-order valence-electron chi connectivity index (χ3n) is 13.1. The Bertz CT molecular complexity index is 3410. The molecule has 0 bridgehead atoms. The third-order valence-corrected chi connectivity index (χ3v) is 13.1. The zero-order valence-corrected chi connectivity index (χ0v) is 48.5. The molecule has 1 aliphatic rings. The molecule has 0 unspecified atom stereocenters. The van der Waals surface area contributed by atoms with Gasteiger partial charge in [-0.05, 0) is 41.8 Å². The van der Waals surface area contributed by atoms with Crippen LogP contribution in [-0.2, 0) is 91.3 Å². The summed E-state index contributed by atoms with van der Waals surface area (Å²) >= 11 is 0. The molecule has 30 heteroatoms. The van der Waals surface area contributed by atoms with Crippen LogP contribution >= 0.6 is 0 Å². The SMILES string of the molecule is C[C@H](NC(=O)[C@H](Cc1ccccc1)NC(=O)[C@H](Cc1ccccc1)NC(=O)CNC(=O)[C@H](CC(=O)O)NC(=O)CNC(=O)CNC(=O)CNC(=O)CNC(=O)CNC(=O)[C@H](CC(=O)O)NC(=O)CCC(=O)N1Cc2ccccc2C#Cc2ccccc21)C(N)=O. The monoisotopic (exact) mass is 1240 g/mol. The Morgan fingerprint density at radius 2 is 0.822 bits per heavy atom. The van der Waals surface area contributed by atoms with Gasteiger partial charge >= 0.3 is 11.9 Å². The molecule has 4 aromatic rings. The van der Waals surface area contributed by atoms with Crippen LogP contribution in [0, 0.1) is 11.8 Å². The number of hydrogen-bond donors (Lipinski definition) is 14. The van der Waals surface area contributed by atoms with Crippen LogP contribution in [0.2, 0.25) is 0 Å². The molecule has 0 fully saturated rings. The van der Waals surface area contributed by atoms with Gasteiger partial charge in [-0.3, -0.25) is 71.9 Å². The summed E-state index contributed by atoms with van der Waals surface area (Å²) in [7, 11) is 0. The Balaban J connectivity index is 1.00. The van der Waals surface area contributed by atoms with Crippen molar-refractivity contribution in [2.45, 2.75) is 82.2 Å². The number of hydrogen-bond acceptors (Lipinski definition) is 15. The lowest BCUT2D eigenvalue weighted by atomic mass is 10.0. The van der Waals surface area contributed by atoms with Crippen LogP contribution < -0.4 is 69.1 Å². The zero-order valence-electron chi connectivity index (χ0n) is 48.5. The minimum absolute atomic E-state index is 0.0266. The van der Waals surface area contributed by atoms with Crippen LogP contribution in [0.3, 0.4) is 0 Å². The van der Waals surface area contributed by atoms with E-state index in [1.807, 2.05) is 18.2 Å². The molecule has 1 aliphatic heterocycles. The van der Waals surface area contributed by atoms with E-state index in [4.69, 9.17) is 5.73 Å². The number of nitrogens with one attached hydrogen (secondary N) is 11. The molecule has 90 heavy (non-hydrogen) atoms. The van der Waals surface area contributed by atoms with Gasteiger partial charge in [0.1, 0.15) is 30.2 Å². The summed E-state index contributed by atoms with van der Waals surface area (Å²) in [6.07, 6.45) is -2.75. The van der Waals surface area contributed by atoms with Gasteiger partial charge in [-0.1, -0.05) is 103 Å². The number of amides is 13. The van der Waals surface area contributed by atoms with Gasteiger partial charge in [0.15, 0.2) is 0 Å². The fourth-order valence-corrected chi connectivity index (χ4v) is 8.41. The summed E-state index contributed by atoms with van der Waals surface area (Å²) in [6.45, 7) is -3.12.